The quantitative estimate of drug-likeness (QED) is 0.423. The number of non-ortho nitro benzene ring substituents is 1. The normalized spacial score (nSPS) is 11.3. The van der Waals surface area contributed by atoms with Crippen molar-refractivity contribution < 1.29 is 4.92 Å². The van der Waals surface area contributed by atoms with E-state index < -0.39 is 0 Å². The molecule has 4 nitrogen and oxygen atoms in total. The second-order valence-electron chi connectivity index (χ2n) is 4.08. The van der Waals surface area contributed by atoms with Gasteiger partial charge in [-0.3, -0.25) is 10.1 Å². The van der Waals surface area contributed by atoms with Crippen molar-refractivity contribution in [2.75, 3.05) is 19.6 Å². The molecule has 0 saturated heterocycles. The molecule has 98 valence electrons. The maximum absolute atomic E-state index is 10.5. The standard InChI is InChI=1S/C14H20N2O2/c1-3-15(4-2)12-6-5-7-13-8-10-14(11-9-13)16(17)18/h5-6,8-11H,3-4,7,12H2,1-2H3/b6-5+. The Morgan fingerprint density at radius 1 is 1.17 bits per heavy atom. The molecule has 0 unspecified atom stereocenters. The van der Waals surface area contributed by atoms with Gasteiger partial charge in [0, 0.05) is 18.7 Å². The first-order valence-corrected chi connectivity index (χ1v) is 6.28. The van der Waals surface area contributed by atoms with Crippen molar-refractivity contribution >= 4 is 5.69 Å². The van der Waals surface area contributed by atoms with Gasteiger partial charge in [-0.25, -0.2) is 0 Å². The molecular formula is C14H20N2O2. The fraction of sp³-hybridized carbons (Fsp3) is 0.429. The predicted molar refractivity (Wildman–Crippen MR) is 73.7 cm³/mol. The van der Waals surface area contributed by atoms with E-state index in [0.717, 1.165) is 31.6 Å². The van der Waals surface area contributed by atoms with Crippen LogP contribution in [-0.4, -0.2) is 29.5 Å². The molecule has 1 aromatic carbocycles. The van der Waals surface area contributed by atoms with E-state index in [1.54, 1.807) is 24.3 Å². The van der Waals surface area contributed by atoms with Gasteiger partial charge in [-0.2, -0.15) is 0 Å². The monoisotopic (exact) mass is 248 g/mol. The summed E-state index contributed by atoms with van der Waals surface area (Å²) >= 11 is 0. The average molecular weight is 248 g/mol. The van der Waals surface area contributed by atoms with Gasteiger partial charge in [0.1, 0.15) is 0 Å². The first-order chi connectivity index (χ1) is 8.67. The summed E-state index contributed by atoms with van der Waals surface area (Å²) in [6.07, 6.45) is 5.08. The van der Waals surface area contributed by atoms with Gasteiger partial charge >= 0.3 is 0 Å². The molecular weight excluding hydrogens is 228 g/mol. The lowest BCUT2D eigenvalue weighted by atomic mass is 10.1. The molecule has 0 aliphatic carbocycles. The molecule has 18 heavy (non-hydrogen) atoms. The van der Waals surface area contributed by atoms with Crippen LogP contribution >= 0.6 is 0 Å². The molecule has 0 bridgehead atoms. The van der Waals surface area contributed by atoms with Gasteiger partial charge in [0.2, 0.25) is 0 Å². The van der Waals surface area contributed by atoms with Crippen LogP contribution in [0, 0.1) is 10.1 Å². The molecule has 4 heteroatoms. The lowest BCUT2D eigenvalue weighted by molar-refractivity contribution is -0.384. The fourth-order valence-corrected chi connectivity index (χ4v) is 1.68. The van der Waals surface area contributed by atoms with Crippen LogP contribution in [-0.2, 0) is 6.42 Å². The summed E-state index contributed by atoms with van der Waals surface area (Å²) in [7, 11) is 0. The van der Waals surface area contributed by atoms with Crippen molar-refractivity contribution in [3.05, 3.63) is 52.1 Å². The van der Waals surface area contributed by atoms with E-state index in [9.17, 15) is 10.1 Å². The topological polar surface area (TPSA) is 46.4 Å². The highest BCUT2D eigenvalue weighted by molar-refractivity contribution is 5.33. The van der Waals surface area contributed by atoms with Gasteiger partial charge in [-0.15, -0.1) is 0 Å². The van der Waals surface area contributed by atoms with Crippen LogP contribution in [0.5, 0.6) is 0 Å². The second kappa shape index (κ2) is 7.61. The summed E-state index contributed by atoms with van der Waals surface area (Å²) in [6.45, 7) is 7.36. The van der Waals surface area contributed by atoms with E-state index in [1.807, 2.05) is 0 Å². The molecule has 0 N–H and O–H groups in total. The Bertz CT molecular complexity index is 395. The van der Waals surface area contributed by atoms with E-state index >= 15 is 0 Å². The number of hydrogen-bond donors (Lipinski definition) is 0. The highest BCUT2D eigenvalue weighted by atomic mass is 16.6. The Hall–Kier alpha value is -1.68. The Kier molecular flexibility index (Phi) is 6.08. The van der Waals surface area contributed by atoms with E-state index in [0.29, 0.717) is 0 Å². The third-order valence-electron chi connectivity index (χ3n) is 2.93. The Morgan fingerprint density at radius 2 is 1.78 bits per heavy atom. The smallest absolute Gasteiger partial charge is 0.269 e. The number of likely N-dealkylation sites (N-methyl/N-ethyl adjacent to an activating group) is 1. The fourth-order valence-electron chi connectivity index (χ4n) is 1.68. The molecule has 0 fully saturated rings. The van der Waals surface area contributed by atoms with Crippen LogP contribution in [0.4, 0.5) is 5.69 Å². The number of nitro groups is 1. The molecule has 0 spiro atoms. The number of rotatable bonds is 7. The maximum Gasteiger partial charge on any atom is 0.269 e. The molecule has 0 atom stereocenters. The molecule has 0 aromatic heterocycles. The Morgan fingerprint density at radius 3 is 2.28 bits per heavy atom. The van der Waals surface area contributed by atoms with Gasteiger partial charge in [0.05, 0.1) is 4.92 Å². The number of allylic oxidation sites excluding steroid dienone is 1. The minimum atomic E-state index is -0.375. The molecule has 1 rings (SSSR count). The molecule has 1 aromatic rings. The Labute approximate surface area is 108 Å². The van der Waals surface area contributed by atoms with Crippen molar-refractivity contribution in [2.24, 2.45) is 0 Å². The number of hydrogen-bond acceptors (Lipinski definition) is 3. The van der Waals surface area contributed by atoms with Crippen molar-refractivity contribution in [2.45, 2.75) is 20.3 Å². The third kappa shape index (κ3) is 4.67. The molecule has 0 aliphatic heterocycles. The van der Waals surface area contributed by atoms with Crippen LogP contribution in [0.2, 0.25) is 0 Å². The molecule has 0 radical (unpaired) electrons. The molecule has 0 heterocycles. The summed E-state index contributed by atoms with van der Waals surface area (Å²) in [5, 5.41) is 10.5. The predicted octanol–water partition coefficient (Wildman–Crippen LogP) is 3.04. The first-order valence-electron chi connectivity index (χ1n) is 6.28. The number of benzene rings is 1. The largest absolute Gasteiger partial charge is 0.300 e. The Balaban J connectivity index is 2.43. The van der Waals surface area contributed by atoms with Crippen molar-refractivity contribution in [3.8, 4) is 0 Å². The van der Waals surface area contributed by atoms with Gasteiger partial charge in [-0.1, -0.05) is 38.1 Å². The van der Waals surface area contributed by atoms with E-state index in [4.69, 9.17) is 0 Å². The number of nitrogens with zero attached hydrogens (tertiary/aromatic N) is 2. The lowest BCUT2D eigenvalue weighted by Gasteiger charge is -2.14. The highest BCUT2D eigenvalue weighted by Crippen LogP contribution is 2.12. The molecule has 0 saturated carbocycles. The summed E-state index contributed by atoms with van der Waals surface area (Å²) in [4.78, 5) is 12.5. The van der Waals surface area contributed by atoms with Crippen LogP contribution in [0.1, 0.15) is 19.4 Å². The van der Waals surface area contributed by atoms with Gasteiger partial charge in [0.15, 0.2) is 0 Å². The van der Waals surface area contributed by atoms with Crippen LogP contribution in [0.15, 0.2) is 36.4 Å². The average Bonchev–Trinajstić information content (AvgIpc) is 2.39. The summed E-state index contributed by atoms with van der Waals surface area (Å²) in [6, 6.07) is 6.71. The van der Waals surface area contributed by atoms with E-state index in [-0.39, 0.29) is 10.6 Å². The highest BCUT2D eigenvalue weighted by Gasteiger charge is 2.02. The second-order valence-corrected chi connectivity index (χ2v) is 4.08. The van der Waals surface area contributed by atoms with Crippen molar-refractivity contribution in [3.63, 3.8) is 0 Å². The molecule has 0 amide bonds. The van der Waals surface area contributed by atoms with Gasteiger partial charge in [-0.05, 0) is 25.1 Å². The number of nitro benzene ring substituents is 1. The van der Waals surface area contributed by atoms with Crippen molar-refractivity contribution in [1.82, 2.24) is 4.90 Å². The van der Waals surface area contributed by atoms with Crippen LogP contribution in [0.3, 0.4) is 0 Å². The zero-order valence-corrected chi connectivity index (χ0v) is 11.0. The minimum absolute atomic E-state index is 0.144. The maximum atomic E-state index is 10.5. The summed E-state index contributed by atoms with van der Waals surface area (Å²) in [5.74, 6) is 0. The van der Waals surface area contributed by atoms with Crippen LogP contribution in [0.25, 0.3) is 0 Å². The van der Waals surface area contributed by atoms with Gasteiger partial charge < -0.3 is 4.90 Å². The summed E-state index contributed by atoms with van der Waals surface area (Å²) < 4.78 is 0. The third-order valence-corrected chi connectivity index (χ3v) is 2.93. The van der Waals surface area contributed by atoms with Gasteiger partial charge in [0.25, 0.3) is 5.69 Å². The summed E-state index contributed by atoms with van der Waals surface area (Å²) in [5.41, 5.74) is 1.24. The van der Waals surface area contributed by atoms with E-state index in [1.165, 1.54) is 0 Å². The lowest BCUT2D eigenvalue weighted by Crippen LogP contribution is -2.22. The minimum Gasteiger partial charge on any atom is -0.300 e. The van der Waals surface area contributed by atoms with Crippen LogP contribution < -0.4 is 0 Å². The SMILES string of the molecule is CCN(CC)C/C=C/Cc1ccc([N+](=O)[O-])cc1. The zero-order valence-electron chi connectivity index (χ0n) is 11.0. The zero-order chi connectivity index (χ0) is 13.4. The molecule has 0 aliphatic rings. The van der Waals surface area contributed by atoms with E-state index in [2.05, 4.69) is 30.9 Å². The van der Waals surface area contributed by atoms with Crippen molar-refractivity contribution in [1.29, 1.82) is 0 Å². The first kappa shape index (κ1) is 14.4.